The van der Waals surface area contributed by atoms with E-state index in [0.717, 1.165) is 4.90 Å². The fraction of sp³-hybridized carbons (Fsp3) is 0.333. The number of non-ortho nitro benzene ring substituents is 1. The second-order valence-corrected chi connectivity index (χ2v) is 6.82. The first kappa shape index (κ1) is 15.4. The number of ether oxygens (including phenoxy) is 1. The predicted octanol–water partition coefficient (Wildman–Crippen LogP) is 1.16. The molecule has 2 saturated heterocycles. The Morgan fingerprint density at radius 3 is 2.75 bits per heavy atom. The maximum Gasteiger partial charge on any atom is 0.270 e. The van der Waals surface area contributed by atoms with Crippen LogP contribution in [-0.2, 0) is 14.3 Å². The molecule has 0 saturated carbocycles. The second-order valence-electron chi connectivity index (χ2n) is 5.96. The summed E-state index contributed by atoms with van der Waals surface area (Å²) in [4.78, 5) is 36.9. The van der Waals surface area contributed by atoms with Crippen molar-refractivity contribution in [1.82, 2.24) is 0 Å². The summed E-state index contributed by atoms with van der Waals surface area (Å²) in [7, 11) is 0. The molecular formula is C15H11BrN2O6. The Balaban J connectivity index is 1.76. The predicted molar refractivity (Wildman–Crippen MR) is 84.1 cm³/mol. The van der Waals surface area contributed by atoms with Crippen LogP contribution < -0.4 is 4.90 Å². The number of halogens is 1. The molecular weight excluding hydrogens is 384 g/mol. The number of hydrogen-bond acceptors (Lipinski definition) is 6. The number of imide groups is 1. The van der Waals surface area contributed by atoms with Gasteiger partial charge in [0.05, 0.1) is 35.2 Å². The minimum atomic E-state index is -1.16. The average molecular weight is 395 g/mol. The van der Waals surface area contributed by atoms with Crippen molar-refractivity contribution in [3.05, 3.63) is 44.9 Å². The van der Waals surface area contributed by atoms with E-state index in [4.69, 9.17) is 4.74 Å². The van der Waals surface area contributed by atoms with E-state index in [1.54, 1.807) is 12.2 Å². The molecule has 3 aliphatic heterocycles. The molecule has 2 bridgehead atoms. The SMILES string of the molecule is O=C1[C@H]2[C@H]3C=C[C@@](CO)(O3)[C@H]2C(=O)N1c1ccc([N+](=O)[O-])cc1Br. The van der Waals surface area contributed by atoms with Crippen LogP contribution in [0.15, 0.2) is 34.8 Å². The highest BCUT2D eigenvalue weighted by molar-refractivity contribution is 9.10. The molecule has 0 spiro atoms. The monoisotopic (exact) mass is 394 g/mol. The Morgan fingerprint density at radius 1 is 1.38 bits per heavy atom. The van der Waals surface area contributed by atoms with Crippen molar-refractivity contribution in [2.24, 2.45) is 11.8 Å². The molecule has 9 heteroatoms. The van der Waals surface area contributed by atoms with Gasteiger partial charge in [-0.2, -0.15) is 0 Å². The van der Waals surface area contributed by atoms with Gasteiger partial charge in [0.15, 0.2) is 0 Å². The lowest BCUT2D eigenvalue weighted by molar-refractivity contribution is -0.384. The van der Waals surface area contributed by atoms with Crippen molar-refractivity contribution in [1.29, 1.82) is 0 Å². The number of amides is 2. The molecule has 1 N–H and O–H groups in total. The molecule has 124 valence electrons. The molecule has 3 heterocycles. The average Bonchev–Trinajstić information content (AvgIpc) is 3.19. The lowest BCUT2D eigenvalue weighted by atomic mass is 9.77. The summed E-state index contributed by atoms with van der Waals surface area (Å²) in [6.45, 7) is -0.393. The van der Waals surface area contributed by atoms with Crippen molar-refractivity contribution in [2.75, 3.05) is 11.5 Å². The molecule has 0 aliphatic carbocycles. The van der Waals surface area contributed by atoms with Crippen LogP contribution in [0.2, 0.25) is 0 Å². The summed E-state index contributed by atoms with van der Waals surface area (Å²) >= 11 is 3.19. The van der Waals surface area contributed by atoms with E-state index in [1.165, 1.54) is 18.2 Å². The summed E-state index contributed by atoms with van der Waals surface area (Å²) in [6.07, 6.45) is 2.79. The van der Waals surface area contributed by atoms with Gasteiger partial charge in [0.25, 0.3) is 5.69 Å². The molecule has 4 atom stereocenters. The van der Waals surface area contributed by atoms with Gasteiger partial charge in [-0.3, -0.25) is 19.7 Å². The van der Waals surface area contributed by atoms with Gasteiger partial charge in [0.1, 0.15) is 5.60 Å². The van der Waals surface area contributed by atoms with Gasteiger partial charge < -0.3 is 9.84 Å². The van der Waals surface area contributed by atoms with Crippen LogP contribution in [-0.4, -0.2) is 40.2 Å². The maximum absolute atomic E-state index is 12.8. The molecule has 1 aromatic rings. The van der Waals surface area contributed by atoms with E-state index in [0.29, 0.717) is 0 Å². The molecule has 2 fully saturated rings. The lowest BCUT2D eigenvalue weighted by Crippen LogP contribution is -2.43. The first-order valence-corrected chi connectivity index (χ1v) is 7.99. The Labute approximate surface area is 144 Å². The quantitative estimate of drug-likeness (QED) is 0.356. The van der Waals surface area contributed by atoms with Crippen molar-refractivity contribution < 1.29 is 24.4 Å². The largest absolute Gasteiger partial charge is 0.393 e. The topological polar surface area (TPSA) is 110 Å². The molecule has 4 rings (SSSR count). The van der Waals surface area contributed by atoms with E-state index in [1.807, 2.05) is 0 Å². The van der Waals surface area contributed by atoms with E-state index in [-0.39, 0.29) is 15.8 Å². The lowest BCUT2D eigenvalue weighted by Gasteiger charge is -2.26. The van der Waals surface area contributed by atoms with Crippen molar-refractivity contribution in [3.63, 3.8) is 0 Å². The number of carbonyl (C=O) groups is 2. The van der Waals surface area contributed by atoms with Crippen LogP contribution in [0.4, 0.5) is 11.4 Å². The fourth-order valence-corrected chi connectivity index (χ4v) is 4.26. The summed E-state index contributed by atoms with van der Waals surface area (Å²) in [6, 6.07) is 3.84. The molecule has 8 nitrogen and oxygen atoms in total. The summed E-state index contributed by atoms with van der Waals surface area (Å²) < 4.78 is 5.93. The van der Waals surface area contributed by atoms with Gasteiger partial charge in [-0.25, -0.2) is 4.90 Å². The number of benzene rings is 1. The first-order valence-electron chi connectivity index (χ1n) is 7.19. The van der Waals surface area contributed by atoms with Crippen molar-refractivity contribution >= 4 is 39.1 Å². The van der Waals surface area contributed by atoms with Gasteiger partial charge in [-0.05, 0) is 22.0 Å². The molecule has 3 aliphatic rings. The maximum atomic E-state index is 12.8. The minimum Gasteiger partial charge on any atom is -0.393 e. The number of anilines is 1. The Hall–Kier alpha value is -2.10. The van der Waals surface area contributed by atoms with Crippen LogP contribution in [0.3, 0.4) is 0 Å². The first-order chi connectivity index (χ1) is 11.4. The molecule has 2 amide bonds. The van der Waals surface area contributed by atoms with Gasteiger partial charge in [-0.1, -0.05) is 12.2 Å². The highest BCUT2D eigenvalue weighted by Gasteiger charge is 2.67. The number of carbonyl (C=O) groups excluding carboxylic acids is 2. The number of fused-ring (bicyclic) bond motifs is 5. The second kappa shape index (κ2) is 4.95. The van der Waals surface area contributed by atoms with Gasteiger partial charge in [0.2, 0.25) is 11.8 Å². The summed E-state index contributed by atoms with van der Waals surface area (Å²) in [5, 5.41) is 20.5. The van der Waals surface area contributed by atoms with E-state index in [9.17, 15) is 24.8 Å². The van der Waals surface area contributed by atoms with Crippen LogP contribution in [0.1, 0.15) is 0 Å². The molecule has 0 aromatic heterocycles. The zero-order valence-corrected chi connectivity index (χ0v) is 13.7. The number of nitrogens with zero attached hydrogens (tertiary/aromatic N) is 2. The van der Waals surface area contributed by atoms with Crippen LogP contribution >= 0.6 is 15.9 Å². The number of rotatable bonds is 3. The Morgan fingerprint density at radius 2 is 2.12 bits per heavy atom. The zero-order chi connectivity index (χ0) is 17.2. The number of aliphatic hydroxyl groups is 1. The normalized spacial score (nSPS) is 33.4. The number of hydrogen-bond donors (Lipinski definition) is 1. The highest BCUT2D eigenvalue weighted by atomic mass is 79.9. The zero-order valence-electron chi connectivity index (χ0n) is 12.1. The third-order valence-electron chi connectivity index (χ3n) is 4.79. The molecule has 0 unspecified atom stereocenters. The molecule has 1 aromatic carbocycles. The number of aliphatic hydroxyl groups excluding tert-OH is 1. The van der Waals surface area contributed by atoms with Crippen molar-refractivity contribution in [3.8, 4) is 0 Å². The standard InChI is InChI=1S/C15H11BrN2O6/c16-8-5-7(18(22)23)1-2-9(8)17-13(20)11-10-3-4-15(6-19,24-10)12(11)14(17)21/h1-5,10-12,19H,6H2/t10-,11+,12-,15+/m1/s1. The smallest absolute Gasteiger partial charge is 0.270 e. The van der Waals surface area contributed by atoms with Crippen LogP contribution in [0.5, 0.6) is 0 Å². The van der Waals surface area contributed by atoms with Gasteiger partial charge >= 0.3 is 0 Å². The number of nitro benzene ring substituents is 1. The Bertz CT molecular complexity index is 824. The molecule has 0 radical (unpaired) electrons. The Kier molecular flexibility index (Phi) is 3.18. The number of nitro groups is 1. The van der Waals surface area contributed by atoms with E-state index in [2.05, 4.69) is 15.9 Å². The van der Waals surface area contributed by atoms with E-state index < -0.39 is 46.9 Å². The van der Waals surface area contributed by atoms with Crippen LogP contribution in [0.25, 0.3) is 0 Å². The minimum absolute atomic E-state index is 0.151. The highest BCUT2D eigenvalue weighted by Crippen LogP contribution is 2.52. The van der Waals surface area contributed by atoms with Gasteiger partial charge in [-0.15, -0.1) is 0 Å². The summed E-state index contributed by atoms with van der Waals surface area (Å²) in [5.74, 6) is -2.37. The third kappa shape index (κ3) is 1.80. The van der Waals surface area contributed by atoms with Crippen molar-refractivity contribution in [2.45, 2.75) is 11.7 Å². The van der Waals surface area contributed by atoms with E-state index >= 15 is 0 Å². The van der Waals surface area contributed by atoms with Gasteiger partial charge in [0, 0.05) is 16.6 Å². The third-order valence-corrected chi connectivity index (χ3v) is 5.42. The fourth-order valence-electron chi connectivity index (χ4n) is 3.71. The van der Waals surface area contributed by atoms with Crippen LogP contribution in [0, 0.1) is 22.0 Å². The summed E-state index contributed by atoms with van der Waals surface area (Å²) in [5.41, 5.74) is -1.07. The molecule has 24 heavy (non-hydrogen) atoms.